The number of aliphatic carboxylic acids is 1. The Kier molecular flexibility index (Phi) is 7.27. The Balaban J connectivity index is 4.08. The fraction of sp³-hybridized carbons (Fsp3) is 0.833. The molecule has 0 saturated carbocycles. The van der Waals surface area contributed by atoms with E-state index >= 15 is 0 Å². The van der Waals surface area contributed by atoms with Crippen molar-refractivity contribution in [1.82, 2.24) is 5.32 Å². The number of rotatable bonds is 7. The molecule has 0 aromatic carbocycles. The van der Waals surface area contributed by atoms with Gasteiger partial charge in [0.25, 0.3) is 0 Å². The monoisotopic (exact) mass is 261 g/mol. The third-order valence-electron chi connectivity index (χ3n) is 2.12. The number of hydrogen-bond acceptors (Lipinski definition) is 3. The van der Waals surface area contributed by atoms with Gasteiger partial charge in [0.05, 0.1) is 5.75 Å². The summed E-state index contributed by atoms with van der Waals surface area (Å²) in [5.74, 6) is -0.847. The van der Waals surface area contributed by atoms with E-state index in [4.69, 9.17) is 5.11 Å². The van der Waals surface area contributed by atoms with Crippen LogP contribution in [0.5, 0.6) is 0 Å². The first-order chi connectivity index (χ1) is 7.76. The van der Waals surface area contributed by atoms with Gasteiger partial charge in [-0.1, -0.05) is 40.5 Å². The van der Waals surface area contributed by atoms with Crippen molar-refractivity contribution >= 4 is 23.6 Å². The lowest BCUT2D eigenvalue weighted by molar-refractivity contribution is -0.141. The average molecular weight is 261 g/mol. The van der Waals surface area contributed by atoms with Crippen LogP contribution in [0.4, 0.5) is 0 Å². The quantitative estimate of drug-likeness (QED) is 0.738. The van der Waals surface area contributed by atoms with Gasteiger partial charge in [-0.25, -0.2) is 4.79 Å². The number of unbranched alkanes of at least 4 members (excludes halogenated alkanes) is 1. The molecule has 0 rings (SSSR count). The molecule has 1 amide bonds. The highest BCUT2D eigenvalue weighted by Crippen LogP contribution is 2.22. The third-order valence-corrected chi connectivity index (χ3v) is 3.39. The maximum atomic E-state index is 11.6. The first kappa shape index (κ1) is 16.3. The molecule has 5 heteroatoms. The summed E-state index contributed by atoms with van der Waals surface area (Å²) >= 11 is 1.51. The van der Waals surface area contributed by atoms with Crippen molar-refractivity contribution in [2.45, 2.75) is 57.7 Å². The van der Waals surface area contributed by atoms with Crippen LogP contribution in [0.15, 0.2) is 0 Å². The van der Waals surface area contributed by atoms with Crippen LogP contribution >= 0.6 is 11.8 Å². The Hall–Kier alpha value is -0.710. The number of nitrogens with one attached hydrogen (secondary N) is 1. The van der Waals surface area contributed by atoms with Crippen molar-refractivity contribution in [1.29, 1.82) is 0 Å². The van der Waals surface area contributed by atoms with Gasteiger partial charge in [-0.2, -0.15) is 0 Å². The summed E-state index contributed by atoms with van der Waals surface area (Å²) in [5.41, 5.74) is 0. The molecule has 2 N–H and O–H groups in total. The van der Waals surface area contributed by atoms with E-state index in [2.05, 4.69) is 5.32 Å². The van der Waals surface area contributed by atoms with Crippen molar-refractivity contribution in [3.05, 3.63) is 0 Å². The molecule has 17 heavy (non-hydrogen) atoms. The lowest BCUT2D eigenvalue weighted by Gasteiger charge is -2.18. The largest absolute Gasteiger partial charge is 0.480 e. The molecule has 0 fully saturated rings. The molecule has 100 valence electrons. The van der Waals surface area contributed by atoms with E-state index in [1.54, 1.807) is 0 Å². The zero-order valence-electron chi connectivity index (χ0n) is 11.1. The summed E-state index contributed by atoms with van der Waals surface area (Å²) < 4.78 is 0.0134. The van der Waals surface area contributed by atoms with Crippen LogP contribution in [0.3, 0.4) is 0 Å². The topological polar surface area (TPSA) is 66.4 Å². The molecule has 0 aliphatic carbocycles. The lowest BCUT2D eigenvalue weighted by atomic mass is 10.1. The normalized spacial score (nSPS) is 13.2. The van der Waals surface area contributed by atoms with Crippen LogP contribution in [-0.4, -0.2) is 33.5 Å². The van der Waals surface area contributed by atoms with E-state index in [0.717, 1.165) is 12.8 Å². The summed E-state index contributed by atoms with van der Waals surface area (Å²) in [6.45, 7) is 8.07. The van der Waals surface area contributed by atoms with Gasteiger partial charge in [0.1, 0.15) is 6.04 Å². The van der Waals surface area contributed by atoms with Gasteiger partial charge < -0.3 is 10.4 Å². The molecule has 4 nitrogen and oxygen atoms in total. The minimum Gasteiger partial charge on any atom is -0.480 e. The molecular formula is C12H23NO3S. The van der Waals surface area contributed by atoms with Gasteiger partial charge in [0.2, 0.25) is 5.91 Å². The Morgan fingerprint density at radius 2 is 1.94 bits per heavy atom. The minimum atomic E-state index is -0.951. The van der Waals surface area contributed by atoms with E-state index in [0.29, 0.717) is 12.2 Å². The smallest absolute Gasteiger partial charge is 0.326 e. The van der Waals surface area contributed by atoms with Crippen LogP contribution in [0.2, 0.25) is 0 Å². The molecule has 0 unspecified atom stereocenters. The molecule has 0 saturated heterocycles. The first-order valence-corrected chi connectivity index (χ1v) is 6.91. The zero-order valence-corrected chi connectivity index (χ0v) is 11.9. The molecule has 0 bridgehead atoms. The predicted molar refractivity (Wildman–Crippen MR) is 71.3 cm³/mol. The second-order valence-electron chi connectivity index (χ2n) is 5.00. The third kappa shape index (κ3) is 9.03. The SMILES string of the molecule is CCCC[C@H](NC(=O)CSC(C)(C)C)C(=O)O. The van der Waals surface area contributed by atoms with Gasteiger partial charge >= 0.3 is 5.97 Å². The van der Waals surface area contributed by atoms with Crippen LogP contribution < -0.4 is 5.32 Å². The average Bonchev–Trinajstić information content (AvgIpc) is 2.19. The number of carbonyl (C=O) groups is 2. The van der Waals surface area contributed by atoms with Gasteiger partial charge in [0, 0.05) is 4.75 Å². The van der Waals surface area contributed by atoms with Gasteiger partial charge in [-0.15, -0.1) is 11.8 Å². The van der Waals surface area contributed by atoms with Gasteiger partial charge in [-0.05, 0) is 6.42 Å². The molecule has 1 atom stereocenters. The van der Waals surface area contributed by atoms with Crippen molar-refractivity contribution in [3.63, 3.8) is 0 Å². The highest BCUT2D eigenvalue weighted by molar-refractivity contribution is 8.01. The fourth-order valence-electron chi connectivity index (χ4n) is 1.18. The number of carboxylic acid groups (broad SMARTS) is 1. The Morgan fingerprint density at radius 3 is 2.35 bits per heavy atom. The molecular weight excluding hydrogens is 238 g/mol. The summed E-state index contributed by atoms with van der Waals surface area (Å²) in [6.07, 6.45) is 2.23. The predicted octanol–water partition coefficient (Wildman–Crippen LogP) is 2.28. The van der Waals surface area contributed by atoms with Crippen LogP contribution in [0.25, 0.3) is 0 Å². The highest BCUT2D eigenvalue weighted by atomic mass is 32.2. The number of amides is 1. The minimum absolute atomic E-state index is 0.0134. The Morgan fingerprint density at radius 1 is 1.35 bits per heavy atom. The molecule has 0 heterocycles. The Labute approximate surface area is 108 Å². The number of thioether (sulfide) groups is 1. The second kappa shape index (κ2) is 7.58. The summed E-state index contributed by atoms with van der Waals surface area (Å²) in [7, 11) is 0. The maximum Gasteiger partial charge on any atom is 0.326 e. The van der Waals surface area contributed by atoms with E-state index < -0.39 is 12.0 Å². The fourth-order valence-corrected chi connectivity index (χ4v) is 1.83. The molecule has 0 aromatic rings. The van der Waals surface area contributed by atoms with Gasteiger partial charge in [0.15, 0.2) is 0 Å². The maximum absolute atomic E-state index is 11.6. The van der Waals surface area contributed by atoms with Crippen molar-refractivity contribution < 1.29 is 14.7 Å². The summed E-state index contributed by atoms with van der Waals surface area (Å²) in [5, 5.41) is 11.5. The van der Waals surface area contributed by atoms with Crippen LogP contribution in [-0.2, 0) is 9.59 Å². The van der Waals surface area contributed by atoms with Crippen LogP contribution in [0.1, 0.15) is 47.0 Å². The van der Waals surface area contributed by atoms with E-state index in [1.165, 1.54) is 11.8 Å². The Bertz CT molecular complexity index is 261. The second-order valence-corrected chi connectivity index (χ2v) is 6.80. The van der Waals surface area contributed by atoms with E-state index in [9.17, 15) is 9.59 Å². The number of hydrogen-bond donors (Lipinski definition) is 2. The standard InChI is InChI=1S/C12H23NO3S/c1-5-6-7-9(11(15)16)13-10(14)8-17-12(2,3)4/h9H,5-8H2,1-4H3,(H,13,14)(H,15,16)/t9-/m0/s1. The van der Waals surface area contributed by atoms with E-state index in [1.807, 2.05) is 27.7 Å². The van der Waals surface area contributed by atoms with Gasteiger partial charge in [-0.3, -0.25) is 4.79 Å². The van der Waals surface area contributed by atoms with Crippen molar-refractivity contribution in [2.75, 3.05) is 5.75 Å². The molecule has 0 aliphatic rings. The molecule has 0 aliphatic heterocycles. The van der Waals surface area contributed by atoms with Crippen molar-refractivity contribution in [2.24, 2.45) is 0 Å². The highest BCUT2D eigenvalue weighted by Gasteiger charge is 2.20. The number of carbonyl (C=O) groups excluding carboxylic acids is 1. The molecule has 0 spiro atoms. The number of carboxylic acids is 1. The molecule has 0 aromatic heterocycles. The lowest BCUT2D eigenvalue weighted by Crippen LogP contribution is -2.42. The van der Waals surface area contributed by atoms with E-state index in [-0.39, 0.29) is 10.7 Å². The summed E-state index contributed by atoms with van der Waals surface area (Å²) in [4.78, 5) is 22.5. The first-order valence-electron chi connectivity index (χ1n) is 5.92. The zero-order chi connectivity index (χ0) is 13.5. The van der Waals surface area contributed by atoms with Crippen LogP contribution in [0, 0.1) is 0 Å². The van der Waals surface area contributed by atoms with Crippen molar-refractivity contribution in [3.8, 4) is 0 Å². The summed E-state index contributed by atoms with van der Waals surface area (Å²) in [6, 6.07) is -0.747. The molecule has 0 radical (unpaired) electrons.